The molecule has 0 bridgehead atoms. The smallest absolute Gasteiger partial charge is 0.271 e. The Morgan fingerprint density at radius 3 is 2.72 bits per heavy atom. The van der Waals surface area contributed by atoms with Crippen LogP contribution in [0.4, 0.5) is 0 Å². The van der Waals surface area contributed by atoms with Gasteiger partial charge in [0.1, 0.15) is 0 Å². The number of oxime groups is 1. The summed E-state index contributed by atoms with van der Waals surface area (Å²) in [6.07, 6.45) is 0.661. The van der Waals surface area contributed by atoms with E-state index in [0.717, 1.165) is 11.3 Å². The minimum Gasteiger partial charge on any atom is -0.389 e. The SMILES string of the molecule is NC(=O)/C(=N/O[C@@H]1CCOC1)c1ccc(S)cc1. The Hall–Kier alpha value is -1.53. The van der Waals surface area contributed by atoms with Gasteiger partial charge in [-0.25, -0.2) is 0 Å². The van der Waals surface area contributed by atoms with Crippen LogP contribution in [-0.2, 0) is 14.4 Å². The van der Waals surface area contributed by atoms with Crippen LogP contribution < -0.4 is 5.73 Å². The van der Waals surface area contributed by atoms with Gasteiger partial charge in [0.05, 0.1) is 13.2 Å². The summed E-state index contributed by atoms with van der Waals surface area (Å²) >= 11 is 4.17. The fourth-order valence-electron chi connectivity index (χ4n) is 1.58. The van der Waals surface area contributed by atoms with Crippen LogP contribution in [0, 0.1) is 0 Å². The second kappa shape index (κ2) is 5.88. The van der Waals surface area contributed by atoms with Crippen molar-refractivity contribution in [2.75, 3.05) is 13.2 Å². The van der Waals surface area contributed by atoms with Gasteiger partial charge in [0.15, 0.2) is 11.8 Å². The minimum atomic E-state index is -0.624. The highest BCUT2D eigenvalue weighted by Crippen LogP contribution is 2.12. The maximum atomic E-state index is 11.4. The van der Waals surface area contributed by atoms with E-state index >= 15 is 0 Å². The Balaban J connectivity index is 2.14. The maximum absolute atomic E-state index is 11.4. The van der Waals surface area contributed by atoms with E-state index in [2.05, 4.69) is 17.8 Å². The zero-order valence-electron chi connectivity index (χ0n) is 9.70. The number of benzene rings is 1. The summed E-state index contributed by atoms with van der Waals surface area (Å²) in [4.78, 5) is 17.4. The Bertz CT molecular complexity index is 453. The third-order valence-corrected chi connectivity index (χ3v) is 2.85. The average Bonchev–Trinajstić information content (AvgIpc) is 2.84. The lowest BCUT2D eigenvalue weighted by Gasteiger charge is -2.07. The number of primary amides is 1. The van der Waals surface area contributed by atoms with Gasteiger partial charge in [0, 0.05) is 16.9 Å². The van der Waals surface area contributed by atoms with Crippen molar-refractivity contribution in [2.45, 2.75) is 17.4 Å². The molecule has 5 nitrogen and oxygen atoms in total. The number of nitrogens with zero attached hydrogens (tertiary/aromatic N) is 1. The quantitative estimate of drug-likeness (QED) is 0.484. The third-order valence-electron chi connectivity index (χ3n) is 2.56. The number of amides is 1. The Kier molecular flexibility index (Phi) is 4.22. The van der Waals surface area contributed by atoms with Crippen molar-refractivity contribution in [3.05, 3.63) is 29.8 Å². The second-order valence-corrected chi connectivity index (χ2v) is 4.46. The topological polar surface area (TPSA) is 73.9 Å². The molecule has 1 aliphatic heterocycles. The Morgan fingerprint density at radius 2 is 2.17 bits per heavy atom. The monoisotopic (exact) mass is 266 g/mol. The molecule has 0 saturated carbocycles. The van der Waals surface area contributed by atoms with Crippen LogP contribution in [0.1, 0.15) is 12.0 Å². The number of ether oxygens (including phenoxy) is 1. The number of nitrogens with two attached hydrogens (primary N) is 1. The van der Waals surface area contributed by atoms with E-state index in [1.807, 2.05) is 0 Å². The molecule has 1 saturated heterocycles. The predicted octanol–water partition coefficient (Wildman–Crippen LogP) is 0.970. The highest BCUT2D eigenvalue weighted by atomic mass is 32.1. The first-order chi connectivity index (χ1) is 8.66. The van der Waals surface area contributed by atoms with Crippen molar-refractivity contribution in [1.82, 2.24) is 0 Å². The molecule has 18 heavy (non-hydrogen) atoms. The van der Waals surface area contributed by atoms with Gasteiger partial charge >= 0.3 is 0 Å². The molecule has 6 heteroatoms. The number of hydrogen-bond acceptors (Lipinski definition) is 5. The molecular weight excluding hydrogens is 252 g/mol. The first-order valence-electron chi connectivity index (χ1n) is 5.57. The van der Waals surface area contributed by atoms with E-state index in [1.54, 1.807) is 24.3 Å². The zero-order chi connectivity index (χ0) is 13.0. The van der Waals surface area contributed by atoms with Crippen molar-refractivity contribution in [3.63, 3.8) is 0 Å². The lowest BCUT2D eigenvalue weighted by molar-refractivity contribution is -0.112. The summed E-state index contributed by atoms with van der Waals surface area (Å²) in [7, 11) is 0. The van der Waals surface area contributed by atoms with Gasteiger partial charge in [-0.05, 0) is 12.1 Å². The summed E-state index contributed by atoms with van der Waals surface area (Å²) in [5.41, 5.74) is 6.01. The number of thiol groups is 1. The summed E-state index contributed by atoms with van der Waals surface area (Å²) < 4.78 is 5.15. The first-order valence-corrected chi connectivity index (χ1v) is 6.02. The molecule has 1 amide bonds. The van der Waals surface area contributed by atoms with Gasteiger partial charge < -0.3 is 15.3 Å². The van der Waals surface area contributed by atoms with Crippen LogP contribution in [0.25, 0.3) is 0 Å². The fourth-order valence-corrected chi connectivity index (χ4v) is 1.73. The van der Waals surface area contributed by atoms with Crippen LogP contribution in [0.3, 0.4) is 0 Å². The molecule has 1 heterocycles. The van der Waals surface area contributed by atoms with Crippen molar-refractivity contribution in [2.24, 2.45) is 10.9 Å². The van der Waals surface area contributed by atoms with Crippen LogP contribution in [0.2, 0.25) is 0 Å². The summed E-state index contributed by atoms with van der Waals surface area (Å²) in [5, 5.41) is 3.84. The van der Waals surface area contributed by atoms with E-state index < -0.39 is 5.91 Å². The van der Waals surface area contributed by atoms with Crippen molar-refractivity contribution >= 4 is 24.2 Å². The van der Waals surface area contributed by atoms with E-state index in [-0.39, 0.29) is 11.8 Å². The molecule has 0 aromatic heterocycles. The standard InChI is InChI=1S/C12H14N2O3S/c13-12(15)11(8-1-3-10(18)4-2-8)14-17-9-5-6-16-7-9/h1-4,9,18H,5-7H2,(H2,13,15)/b14-11+/t9-/m1/s1. The van der Waals surface area contributed by atoms with E-state index in [4.69, 9.17) is 15.3 Å². The molecule has 1 atom stereocenters. The fraction of sp³-hybridized carbons (Fsp3) is 0.333. The largest absolute Gasteiger partial charge is 0.389 e. The molecule has 0 spiro atoms. The average molecular weight is 266 g/mol. The Morgan fingerprint density at radius 1 is 1.44 bits per heavy atom. The van der Waals surface area contributed by atoms with Crippen LogP contribution >= 0.6 is 12.6 Å². The van der Waals surface area contributed by atoms with E-state index in [1.165, 1.54) is 0 Å². The molecule has 1 aromatic rings. The first kappa shape index (κ1) is 12.9. The van der Waals surface area contributed by atoms with Crippen LogP contribution in [0.15, 0.2) is 34.3 Å². The van der Waals surface area contributed by atoms with Gasteiger partial charge in [-0.3, -0.25) is 4.79 Å². The van der Waals surface area contributed by atoms with Crippen molar-refractivity contribution in [3.8, 4) is 0 Å². The number of carbonyl (C=O) groups is 1. The van der Waals surface area contributed by atoms with Crippen molar-refractivity contribution in [1.29, 1.82) is 0 Å². The molecule has 2 rings (SSSR count). The van der Waals surface area contributed by atoms with Crippen LogP contribution in [0.5, 0.6) is 0 Å². The number of hydrogen-bond donors (Lipinski definition) is 2. The molecule has 2 N–H and O–H groups in total. The molecule has 0 radical (unpaired) electrons. The predicted molar refractivity (Wildman–Crippen MR) is 69.7 cm³/mol. The normalized spacial score (nSPS) is 19.8. The van der Waals surface area contributed by atoms with E-state index in [9.17, 15) is 4.79 Å². The third kappa shape index (κ3) is 3.24. The second-order valence-electron chi connectivity index (χ2n) is 3.94. The van der Waals surface area contributed by atoms with Gasteiger partial charge in [-0.2, -0.15) is 0 Å². The maximum Gasteiger partial charge on any atom is 0.271 e. The molecule has 0 unspecified atom stereocenters. The summed E-state index contributed by atoms with van der Waals surface area (Å²) in [6.45, 7) is 1.14. The van der Waals surface area contributed by atoms with Crippen LogP contribution in [-0.4, -0.2) is 30.9 Å². The molecule has 96 valence electrons. The van der Waals surface area contributed by atoms with Gasteiger partial charge in [-0.1, -0.05) is 17.3 Å². The molecule has 1 aromatic carbocycles. The van der Waals surface area contributed by atoms with Gasteiger partial charge in [-0.15, -0.1) is 12.6 Å². The number of rotatable bonds is 4. The van der Waals surface area contributed by atoms with E-state index in [0.29, 0.717) is 18.8 Å². The highest BCUT2D eigenvalue weighted by Gasteiger charge is 2.18. The number of carbonyl (C=O) groups excluding carboxylic acids is 1. The lowest BCUT2D eigenvalue weighted by atomic mass is 10.1. The highest BCUT2D eigenvalue weighted by molar-refractivity contribution is 7.80. The summed E-state index contributed by atoms with van der Waals surface area (Å²) in [6, 6.07) is 6.96. The molecule has 1 fully saturated rings. The molecule has 1 aliphatic rings. The van der Waals surface area contributed by atoms with Crippen molar-refractivity contribution < 1.29 is 14.4 Å². The molecular formula is C12H14N2O3S. The van der Waals surface area contributed by atoms with Gasteiger partial charge in [0.25, 0.3) is 5.91 Å². The van der Waals surface area contributed by atoms with Gasteiger partial charge in [0.2, 0.25) is 0 Å². The zero-order valence-corrected chi connectivity index (χ0v) is 10.6. The lowest BCUT2D eigenvalue weighted by Crippen LogP contribution is -2.25. The summed E-state index contributed by atoms with van der Waals surface area (Å²) in [5.74, 6) is -0.624. The molecule has 0 aliphatic carbocycles. The Labute approximate surface area is 110 Å². The minimum absolute atomic E-state index is 0.107.